The number of carbonyl (C=O) groups excluding carboxylic acids is 4. The summed E-state index contributed by atoms with van der Waals surface area (Å²) in [5.74, 6) is 3.32. The van der Waals surface area contributed by atoms with Gasteiger partial charge in [-0.25, -0.2) is 9.78 Å². The van der Waals surface area contributed by atoms with Crippen LogP contribution in [0.25, 0.3) is 20.7 Å². The number of thiophene rings is 3. The maximum atomic E-state index is 12.7. The van der Waals surface area contributed by atoms with Crippen molar-refractivity contribution in [3.8, 4) is 20.7 Å². The summed E-state index contributed by atoms with van der Waals surface area (Å²) >= 11 is 23.5. The molecule has 0 radical (unpaired) electrons. The van der Waals surface area contributed by atoms with Gasteiger partial charge in [-0.15, -0.1) is 64.6 Å². The van der Waals surface area contributed by atoms with Gasteiger partial charge in [-0.05, 0) is 189 Å². The molecule has 4 aliphatic heterocycles. The molecule has 1 N–H and O–H groups in total. The molecule has 125 heavy (non-hydrogen) atoms. The van der Waals surface area contributed by atoms with Crippen molar-refractivity contribution in [2.45, 2.75) is 191 Å². The summed E-state index contributed by atoms with van der Waals surface area (Å²) in [6.45, 7) is 35.7. The first-order valence-corrected chi connectivity index (χ1v) is 44.5. The summed E-state index contributed by atoms with van der Waals surface area (Å²) in [5, 5.41) is 33.8. The number of alkyl carbamates (subject to hydrolysis) is 1. The van der Waals surface area contributed by atoms with E-state index < -0.39 is 47.1 Å². The molecule has 644 valence electrons. The van der Waals surface area contributed by atoms with Gasteiger partial charge in [0.05, 0.1) is 54.3 Å². The van der Waals surface area contributed by atoms with Crippen LogP contribution in [0, 0.1) is 62.3 Å². The summed E-state index contributed by atoms with van der Waals surface area (Å²) in [6.07, 6.45) is 3.32. The number of hydrogen-bond acceptors (Lipinski definition) is 22. The van der Waals surface area contributed by atoms with Crippen molar-refractivity contribution in [1.29, 1.82) is 0 Å². The van der Waals surface area contributed by atoms with Gasteiger partial charge >= 0.3 is 24.0 Å². The molecule has 2 unspecified atom stereocenters. The standard InChI is InChI=1S/C26H24ClN5O2S.C24H26ClN3O2S.C23H24N4O2.C22H23ClN4O2S/c1-15-16(2)35-25-22(15)23(19-9-11-20(27)12-10-19)29-21(24-31-30-17(3)32(24)25)13-28-26(33)34-14-18-7-5-4-6-8-18;1-13-12-26-22-18(11-19(29)30-24(4,5)6)27-21(16-7-9-17(25)10-8-16)20-14(2)15(3)31-23(20)28(13)22;1-15-25-26-22-18(14-20(28)29-23(2,3)4)24-21(16-10-6-5-7-11-16)17-12-8-9-13-19(17)27(15)22;1-12-13(2)30-21-18(12)19(14-6-8-15(23)9-7-14)25-16(20-26-24-11-27(20)21)10-17(28)29-22(3,4)5/h4-12,21H,13-14H2,1-3H3,(H,28,33);7-10,12,18H,11H2,1-6H3;5-13,18H,14H2,1-4H3;6-9,11,16H,10H2,1-5H3/t21-;;;16-/m0..0/s1. The highest BCUT2D eigenvalue weighted by molar-refractivity contribution is 7.16. The maximum absolute atomic E-state index is 12.7. The quantitative estimate of drug-likeness (QED) is 0.0782. The molecule has 0 aliphatic carbocycles. The molecular weight excluding hydrogens is 1700 g/mol. The normalized spacial score (nSPS) is 15.4. The van der Waals surface area contributed by atoms with Gasteiger partial charge in [-0.3, -0.25) is 52.6 Å². The van der Waals surface area contributed by atoms with Crippen molar-refractivity contribution in [2.24, 2.45) is 20.0 Å². The zero-order valence-corrected chi connectivity index (χ0v) is 77.6. The Morgan fingerprint density at radius 3 is 1.30 bits per heavy atom. The number of nitrogens with one attached hydrogen (secondary N) is 1. The zero-order valence-electron chi connectivity index (χ0n) is 72.8. The molecule has 13 aromatic rings. The number of halogens is 3. The number of imidazole rings is 1. The minimum Gasteiger partial charge on any atom is -0.460 e. The molecular formula is C95H97Cl3N16O8S3. The molecule has 30 heteroatoms. The first-order valence-electron chi connectivity index (χ1n) is 40.9. The molecule has 0 spiro atoms. The van der Waals surface area contributed by atoms with Gasteiger partial charge in [0.1, 0.15) is 86.4 Å². The van der Waals surface area contributed by atoms with Crippen molar-refractivity contribution in [1.82, 2.24) is 59.2 Å². The topological polar surface area (TPSA) is 277 Å². The Labute approximate surface area is 753 Å². The van der Waals surface area contributed by atoms with E-state index in [2.05, 4.69) is 87.0 Å². The van der Waals surface area contributed by atoms with E-state index in [1.807, 2.05) is 261 Å². The van der Waals surface area contributed by atoms with E-state index in [0.717, 1.165) is 128 Å². The van der Waals surface area contributed by atoms with Crippen LogP contribution in [0.3, 0.4) is 0 Å². The lowest BCUT2D eigenvalue weighted by molar-refractivity contribution is -0.156. The van der Waals surface area contributed by atoms with E-state index in [4.69, 9.17) is 73.7 Å². The molecule has 1 amide bonds. The third-order valence-electron chi connectivity index (χ3n) is 20.8. The van der Waals surface area contributed by atoms with Crippen molar-refractivity contribution < 1.29 is 38.1 Å². The monoisotopic (exact) mass is 1790 g/mol. The summed E-state index contributed by atoms with van der Waals surface area (Å²) in [7, 11) is 0. The minimum atomic E-state index is -0.565. The lowest BCUT2D eigenvalue weighted by atomic mass is 9.99. The van der Waals surface area contributed by atoms with E-state index in [9.17, 15) is 19.2 Å². The highest BCUT2D eigenvalue weighted by Gasteiger charge is 2.38. The number of aryl methyl sites for hydroxylation is 6. The van der Waals surface area contributed by atoms with Gasteiger partial charge in [-0.1, -0.05) is 150 Å². The van der Waals surface area contributed by atoms with Crippen LogP contribution >= 0.6 is 68.8 Å². The van der Waals surface area contributed by atoms with Gasteiger partial charge < -0.3 is 24.3 Å². The van der Waals surface area contributed by atoms with Crippen molar-refractivity contribution in [2.75, 3.05) is 6.54 Å². The van der Waals surface area contributed by atoms with E-state index in [-0.39, 0.29) is 50.3 Å². The molecule has 24 nitrogen and oxygen atoms in total. The fourth-order valence-electron chi connectivity index (χ4n) is 14.9. The third-order valence-corrected chi connectivity index (χ3v) is 25.1. The Kier molecular flexibility index (Phi) is 26.7. The number of para-hydroxylation sites is 1. The second-order valence-electron chi connectivity index (χ2n) is 33.6. The number of aromatic nitrogens is 11. The smallest absolute Gasteiger partial charge is 0.407 e. The zero-order chi connectivity index (χ0) is 89.3. The third kappa shape index (κ3) is 20.3. The molecule has 0 saturated carbocycles. The number of carbonyl (C=O) groups is 4. The van der Waals surface area contributed by atoms with Gasteiger partial charge in [0, 0.05) is 86.1 Å². The summed E-state index contributed by atoms with van der Waals surface area (Å²) in [6, 6.07) is 48.7. The highest BCUT2D eigenvalue weighted by Crippen LogP contribution is 2.44. The first kappa shape index (κ1) is 89.6. The SMILES string of the molecule is Cc1nnc2n1-c1ccccc1C(c1ccccc1)=NC2CC(=O)OC(C)(C)C.Cc1sc2c(c1C)C(c1ccc(Cl)cc1)=NC(CC(=O)OC(C)(C)C)c1ncc(C)n1-2.Cc1sc2c(c1C)C(c1ccc(Cl)cc1)=N[C@@H](CC(=O)OC(C)(C)C)c1nncn1-2.Cc1sc2c(c1C)C(c1ccc(Cl)cc1)=N[C@@H](CNC(=O)OCc1ccccc1)c1nnc(C)n1-2. The van der Waals surface area contributed by atoms with E-state index in [1.165, 1.54) is 20.2 Å². The number of benzene rings is 6. The molecule has 11 heterocycles. The Bertz CT molecular complexity index is 6330. The molecule has 17 rings (SSSR count). The molecule has 7 aromatic heterocycles. The molecule has 4 aliphatic rings. The number of fused-ring (bicyclic) bond motifs is 12. The number of amides is 1. The van der Waals surface area contributed by atoms with E-state index in [1.54, 1.807) is 40.3 Å². The average Bonchev–Trinajstić information content (AvgIpc) is 1.52. The molecule has 0 saturated heterocycles. The molecule has 0 bridgehead atoms. The maximum Gasteiger partial charge on any atom is 0.407 e. The number of esters is 3. The van der Waals surface area contributed by atoms with Crippen LogP contribution in [-0.4, -0.2) is 124 Å². The lowest BCUT2D eigenvalue weighted by Gasteiger charge is -2.21. The molecule has 4 atom stereocenters. The number of ether oxygens (including phenoxy) is 4. The van der Waals surface area contributed by atoms with Gasteiger partial charge in [0.15, 0.2) is 17.5 Å². The number of hydrogen-bond donors (Lipinski definition) is 1. The van der Waals surface area contributed by atoms with Crippen LogP contribution in [0.4, 0.5) is 4.79 Å². The van der Waals surface area contributed by atoms with Crippen molar-refractivity contribution in [3.63, 3.8) is 0 Å². The highest BCUT2D eigenvalue weighted by atomic mass is 35.5. The Balaban J connectivity index is 0.000000136. The molecule has 0 fully saturated rings. The van der Waals surface area contributed by atoms with Crippen LogP contribution in [0.15, 0.2) is 190 Å². The average molecular weight is 1790 g/mol. The Hall–Kier alpha value is -11.7. The summed E-state index contributed by atoms with van der Waals surface area (Å²) < 4.78 is 30.2. The van der Waals surface area contributed by atoms with Gasteiger partial charge in [0.25, 0.3) is 0 Å². The van der Waals surface area contributed by atoms with Crippen LogP contribution in [0.2, 0.25) is 15.1 Å². The fourth-order valence-corrected chi connectivity index (χ4v) is 18.8. The number of nitrogens with zero attached hydrogens (tertiary/aromatic N) is 15. The Morgan fingerprint density at radius 2 is 0.808 bits per heavy atom. The number of rotatable bonds is 14. The largest absolute Gasteiger partial charge is 0.460 e. The fraction of sp³-hybridized carbons (Fsp3) is 0.316. The van der Waals surface area contributed by atoms with Crippen LogP contribution < -0.4 is 5.32 Å². The molecule has 6 aromatic carbocycles. The van der Waals surface area contributed by atoms with Crippen molar-refractivity contribution >= 4 is 116 Å². The van der Waals surface area contributed by atoms with E-state index in [0.29, 0.717) is 32.5 Å². The lowest BCUT2D eigenvalue weighted by Crippen LogP contribution is -2.29. The van der Waals surface area contributed by atoms with Crippen LogP contribution in [0.5, 0.6) is 0 Å². The second kappa shape index (κ2) is 37.2. The van der Waals surface area contributed by atoms with E-state index >= 15 is 0 Å². The first-order chi connectivity index (χ1) is 59.4. The second-order valence-corrected chi connectivity index (χ2v) is 38.5. The van der Waals surface area contributed by atoms with Crippen LogP contribution in [-0.2, 0) is 39.9 Å². The predicted molar refractivity (Wildman–Crippen MR) is 494 cm³/mol. The Morgan fingerprint density at radius 1 is 0.416 bits per heavy atom. The minimum absolute atomic E-state index is 0.0834. The number of aliphatic imine (C=N–C) groups is 4. The summed E-state index contributed by atoms with van der Waals surface area (Å²) in [5.41, 5.74) is 16.1. The van der Waals surface area contributed by atoms with Crippen LogP contribution in [0.1, 0.15) is 228 Å². The van der Waals surface area contributed by atoms with Crippen molar-refractivity contribution in [3.05, 3.63) is 307 Å². The predicted octanol–water partition coefficient (Wildman–Crippen LogP) is 21.3. The summed E-state index contributed by atoms with van der Waals surface area (Å²) in [4.78, 5) is 79.0. The van der Waals surface area contributed by atoms with Gasteiger partial charge in [-0.2, -0.15) is 0 Å². The van der Waals surface area contributed by atoms with Gasteiger partial charge in [0.2, 0.25) is 0 Å².